The lowest BCUT2D eigenvalue weighted by atomic mass is 10.1. The fraction of sp³-hybridized carbons (Fsp3) is 0.292. The van der Waals surface area contributed by atoms with Crippen molar-refractivity contribution in [2.24, 2.45) is 0 Å². The molecule has 0 radical (unpaired) electrons. The topological polar surface area (TPSA) is 94.5 Å². The fourth-order valence-corrected chi connectivity index (χ4v) is 3.51. The largest absolute Gasteiger partial charge is 0.497 e. The summed E-state index contributed by atoms with van der Waals surface area (Å²) in [7, 11) is 1.51. The number of benzene rings is 1. The van der Waals surface area contributed by atoms with Crippen molar-refractivity contribution in [1.29, 1.82) is 5.26 Å². The van der Waals surface area contributed by atoms with Crippen molar-refractivity contribution in [3.05, 3.63) is 68.8 Å². The van der Waals surface area contributed by atoms with E-state index in [0.717, 1.165) is 29.9 Å². The second-order valence-electron chi connectivity index (χ2n) is 7.18. The van der Waals surface area contributed by atoms with Crippen LogP contribution in [0, 0.1) is 25.2 Å². The van der Waals surface area contributed by atoms with Crippen molar-refractivity contribution in [3.8, 4) is 11.8 Å². The Morgan fingerprint density at radius 3 is 2.71 bits per heavy atom. The first-order valence-corrected chi connectivity index (χ1v) is 9.94. The van der Waals surface area contributed by atoms with Gasteiger partial charge in [-0.15, -0.1) is 0 Å². The van der Waals surface area contributed by atoms with Gasteiger partial charge in [-0.05, 0) is 50.1 Å². The molecule has 0 N–H and O–H groups in total. The number of carbonyl (C=O) groups excluding carboxylic acids is 1. The molecule has 0 unspecified atom stereocenters. The molecule has 2 heterocycles. The number of methoxy groups -OCH3 is 1. The smallest absolute Gasteiger partial charge is 0.349 e. The van der Waals surface area contributed by atoms with Gasteiger partial charge in [0.25, 0.3) is 0 Å². The maximum absolute atomic E-state index is 12.6. The molecular formula is C24H24N2O5. The number of nitrogens with zero attached hydrogens (tertiary/aromatic N) is 2. The van der Waals surface area contributed by atoms with Gasteiger partial charge in [-0.25, -0.2) is 9.59 Å². The lowest BCUT2D eigenvalue weighted by Gasteiger charge is -2.08. The van der Waals surface area contributed by atoms with E-state index in [-0.39, 0.29) is 12.2 Å². The molecule has 0 aliphatic rings. The van der Waals surface area contributed by atoms with Crippen LogP contribution in [-0.2, 0) is 22.7 Å². The molecule has 2 aromatic heterocycles. The van der Waals surface area contributed by atoms with Gasteiger partial charge in [0.05, 0.1) is 7.11 Å². The van der Waals surface area contributed by atoms with E-state index < -0.39 is 11.6 Å². The first kappa shape index (κ1) is 21.9. The van der Waals surface area contributed by atoms with Crippen LogP contribution in [0.25, 0.3) is 17.0 Å². The summed E-state index contributed by atoms with van der Waals surface area (Å²) in [5.41, 5.74) is 3.00. The van der Waals surface area contributed by atoms with Crippen molar-refractivity contribution in [1.82, 2.24) is 4.57 Å². The molecule has 3 rings (SSSR count). The van der Waals surface area contributed by atoms with Gasteiger partial charge in [-0.1, -0.05) is 6.92 Å². The van der Waals surface area contributed by atoms with Crippen LogP contribution in [0.2, 0.25) is 0 Å². The summed E-state index contributed by atoms with van der Waals surface area (Å²) in [6.07, 6.45) is 2.52. The highest BCUT2D eigenvalue weighted by Crippen LogP contribution is 2.24. The van der Waals surface area contributed by atoms with E-state index in [0.29, 0.717) is 22.3 Å². The normalized spacial score (nSPS) is 11.4. The monoisotopic (exact) mass is 420 g/mol. The van der Waals surface area contributed by atoms with Crippen molar-refractivity contribution in [3.63, 3.8) is 0 Å². The summed E-state index contributed by atoms with van der Waals surface area (Å²) in [4.78, 5) is 24.5. The third kappa shape index (κ3) is 4.69. The van der Waals surface area contributed by atoms with Crippen molar-refractivity contribution < 1.29 is 18.7 Å². The van der Waals surface area contributed by atoms with Crippen LogP contribution >= 0.6 is 0 Å². The molecule has 0 atom stereocenters. The summed E-state index contributed by atoms with van der Waals surface area (Å²) >= 11 is 0. The van der Waals surface area contributed by atoms with Crippen LogP contribution in [0.15, 0.2) is 45.1 Å². The zero-order valence-electron chi connectivity index (χ0n) is 18.0. The number of fused-ring (bicyclic) bond motifs is 1. The number of hydrogen-bond donors (Lipinski definition) is 0. The fourth-order valence-electron chi connectivity index (χ4n) is 3.51. The Balaban J connectivity index is 1.84. The molecule has 7 heteroatoms. The number of nitriles is 1. The average Bonchev–Trinajstić information content (AvgIpc) is 3.02. The standard InChI is InChI=1S/C24H24N2O5/c1-5-8-26-15(2)9-17(16(26)3)10-18(13-25)24(28)30-14-19-11-23(27)31-22-12-20(29-4)6-7-21(19)22/h6-7,9-12H,5,8,14H2,1-4H3/b18-10+. The minimum atomic E-state index is -0.752. The van der Waals surface area contributed by atoms with Gasteiger partial charge >= 0.3 is 11.6 Å². The lowest BCUT2D eigenvalue weighted by molar-refractivity contribution is -0.139. The molecule has 160 valence electrons. The van der Waals surface area contributed by atoms with Gasteiger partial charge in [0, 0.05) is 41.0 Å². The third-order valence-corrected chi connectivity index (χ3v) is 5.10. The van der Waals surface area contributed by atoms with Gasteiger partial charge in [0.1, 0.15) is 29.6 Å². The first-order valence-electron chi connectivity index (χ1n) is 9.94. The predicted octanol–water partition coefficient (Wildman–Crippen LogP) is 4.28. The predicted molar refractivity (Wildman–Crippen MR) is 117 cm³/mol. The Hall–Kier alpha value is -3.79. The second-order valence-corrected chi connectivity index (χ2v) is 7.18. The van der Waals surface area contributed by atoms with Crippen LogP contribution in [0.3, 0.4) is 0 Å². The Kier molecular flexibility index (Phi) is 6.61. The van der Waals surface area contributed by atoms with Gasteiger partial charge in [-0.2, -0.15) is 5.26 Å². The summed E-state index contributed by atoms with van der Waals surface area (Å²) in [5, 5.41) is 10.1. The molecule has 0 fully saturated rings. The number of hydrogen-bond acceptors (Lipinski definition) is 6. The zero-order valence-corrected chi connectivity index (χ0v) is 18.0. The molecule has 0 bridgehead atoms. The molecule has 0 aliphatic carbocycles. The summed E-state index contributed by atoms with van der Waals surface area (Å²) < 4.78 is 17.8. The van der Waals surface area contributed by atoms with E-state index in [4.69, 9.17) is 13.9 Å². The van der Waals surface area contributed by atoms with Crippen LogP contribution < -0.4 is 10.4 Å². The summed E-state index contributed by atoms with van der Waals surface area (Å²) in [5.74, 6) is -0.210. The molecule has 0 spiro atoms. The second kappa shape index (κ2) is 9.35. The molecular weight excluding hydrogens is 396 g/mol. The van der Waals surface area contributed by atoms with Crippen molar-refractivity contribution in [2.75, 3.05) is 7.11 Å². The zero-order chi connectivity index (χ0) is 22.5. The number of aromatic nitrogens is 1. The molecule has 0 aliphatic heterocycles. The minimum Gasteiger partial charge on any atom is -0.497 e. The van der Waals surface area contributed by atoms with E-state index in [1.54, 1.807) is 24.3 Å². The maximum Gasteiger partial charge on any atom is 0.349 e. The molecule has 0 amide bonds. The third-order valence-electron chi connectivity index (χ3n) is 5.10. The van der Waals surface area contributed by atoms with Crippen molar-refractivity contribution in [2.45, 2.75) is 40.3 Å². The van der Waals surface area contributed by atoms with Crippen molar-refractivity contribution >= 4 is 23.0 Å². The van der Waals surface area contributed by atoms with Crippen LogP contribution in [0.4, 0.5) is 0 Å². The number of carbonyl (C=O) groups is 1. The van der Waals surface area contributed by atoms with E-state index in [9.17, 15) is 14.9 Å². The molecule has 0 saturated carbocycles. The average molecular weight is 420 g/mol. The highest BCUT2D eigenvalue weighted by molar-refractivity contribution is 5.98. The van der Waals surface area contributed by atoms with Crippen LogP contribution in [0.5, 0.6) is 5.75 Å². The molecule has 1 aromatic carbocycles. The van der Waals surface area contributed by atoms with E-state index in [2.05, 4.69) is 11.5 Å². The Morgan fingerprint density at radius 1 is 1.26 bits per heavy atom. The molecule has 31 heavy (non-hydrogen) atoms. The van der Waals surface area contributed by atoms with E-state index in [1.807, 2.05) is 26.0 Å². The highest BCUT2D eigenvalue weighted by Gasteiger charge is 2.15. The quantitative estimate of drug-likeness (QED) is 0.245. The maximum atomic E-state index is 12.6. The van der Waals surface area contributed by atoms with Gasteiger partial charge in [-0.3, -0.25) is 0 Å². The lowest BCUT2D eigenvalue weighted by Crippen LogP contribution is -2.09. The van der Waals surface area contributed by atoms with E-state index in [1.165, 1.54) is 13.2 Å². The number of ether oxygens (including phenoxy) is 2. The SMILES string of the molecule is CCCn1c(C)cc(/C=C(\C#N)C(=O)OCc2cc(=O)oc3cc(OC)ccc23)c1C. The Labute approximate surface area is 180 Å². The van der Waals surface area contributed by atoms with Gasteiger partial charge in [0.15, 0.2) is 0 Å². The number of esters is 1. The Morgan fingerprint density at radius 2 is 2.03 bits per heavy atom. The van der Waals surface area contributed by atoms with Gasteiger partial charge in [0.2, 0.25) is 0 Å². The number of aryl methyl sites for hydroxylation is 1. The minimum absolute atomic E-state index is 0.106. The van der Waals surface area contributed by atoms with E-state index >= 15 is 0 Å². The summed E-state index contributed by atoms with van der Waals surface area (Å²) in [6.45, 7) is 6.74. The first-order chi connectivity index (χ1) is 14.9. The summed E-state index contributed by atoms with van der Waals surface area (Å²) in [6, 6.07) is 10.2. The Bertz CT molecular complexity index is 1260. The van der Waals surface area contributed by atoms with Gasteiger partial charge < -0.3 is 18.5 Å². The number of rotatable bonds is 7. The molecule has 0 saturated heterocycles. The molecule has 7 nitrogen and oxygen atoms in total. The highest BCUT2D eigenvalue weighted by atomic mass is 16.5. The molecule has 3 aromatic rings. The van der Waals surface area contributed by atoms with Crippen LogP contribution in [-0.4, -0.2) is 17.6 Å². The van der Waals surface area contributed by atoms with Crippen LogP contribution in [0.1, 0.15) is 35.9 Å².